The highest BCUT2D eigenvalue weighted by atomic mass is 32.2. The molecule has 2 rings (SSSR count). The third-order valence-corrected chi connectivity index (χ3v) is 4.14. The highest BCUT2D eigenvalue weighted by Crippen LogP contribution is 2.37. The Bertz CT molecular complexity index is 501. The zero-order valence-electron chi connectivity index (χ0n) is 11.5. The highest BCUT2D eigenvalue weighted by Gasteiger charge is 2.26. The average Bonchev–Trinajstić information content (AvgIpc) is 3.14. The fourth-order valence-electron chi connectivity index (χ4n) is 1.77. The van der Waals surface area contributed by atoms with Gasteiger partial charge in [-0.05, 0) is 12.8 Å². The van der Waals surface area contributed by atoms with E-state index in [1.54, 1.807) is 20.3 Å². The normalized spacial score (nSPS) is 15.9. The van der Waals surface area contributed by atoms with Crippen LogP contribution in [0.15, 0.2) is 11.5 Å². The summed E-state index contributed by atoms with van der Waals surface area (Å²) in [6.45, 7) is 1.80. The zero-order chi connectivity index (χ0) is 14.7. The minimum absolute atomic E-state index is 0.103. The van der Waals surface area contributed by atoms with Crippen LogP contribution in [-0.2, 0) is 9.59 Å². The van der Waals surface area contributed by atoms with Crippen LogP contribution < -0.4 is 0 Å². The number of carbonyl (C=O) groups excluding carboxylic acids is 1. The number of carboxylic acid groups (broad SMARTS) is 1. The molecular formula is C12H18N4O3S. The first-order valence-electron chi connectivity index (χ1n) is 6.48. The molecule has 0 bridgehead atoms. The number of hydrogen-bond donors (Lipinski definition) is 1. The number of carboxylic acids is 1. The fourth-order valence-corrected chi connectivity index (χ4v) is 2.69. The van der Waals surface area contributed by atoms with Crippen molar-refractivity contribution < 1.29 is 14.7 Å². The molecule has 1 fully saturated rings. The van der Waals surface area contributed by atoms with Gasteiger partial charge in [0.15, 0.2) is 5.16 Å². The molecule has 7 nitrogen and oxygen atoms in total. The van der Waals surface area contributed by atoms with E-state index in [4.69, 9.17) is 5.11 Å². The van der Waals surface area contributed by atoms with Gasteiger partial charge < -0.3 is 14.6 Å². The lowest BCUT2D eigenvalue weighted by molar-refractivity contribution is -0.142. The summed E-state index contributed by atoms with van der Waals surface area (Å²) in [5, 5.41) is 17.5. The van der Waals surface area contributed by atoms with Crippen LogP contribution in [0.3, 0.4) is 0 Å². The summed E-state index contributed by atoms with van der Waals surface area (Å²) < 4.78 is 2.00. The molecule has 0 aromatic carbocycles. The summed E-state index contributed by atoms with van der Waals surface area (Å²) in [5.41, 5.74) is 0. The van der Waals surface area contributed by atoms with E-state index in [1.807, 2.05) is 4.57 Å². The van der Waals surface area contributed by atoms with Crippen LogP contribution in [0.25, 0.3) is 0 Å². The Morgan fingerprint density at radius 1 is 1.60 bits per heavy atom. The molecule has 1 atom stereocenters. The van der Waals surface area contributed by atoms with Crippen molar-refractivity contribution in [1.82, 2.24) is 19.7 Å². The van der Waals surface area contributed by atoms with E-state index >= 15 is 0 Å². The molecule has 1 aliphatic rings. The van der Waals surface area contributed by atoms with Crippen LogP contribution in [0, 0.1) is 5.92 Å². The predicted molar refractivity (Wildman–Crippen MR) is 73.5 cm³/mol. The first-order chi connectivity index (χ1) is 9.49. The maximum absolute atomic E-state index is 11.9. The molecule has 1 aromatic rings. The molecule has 1 heterocycles. The van der Waals surface area contributed by atoms with Crippen molar-refractivity contribution in [3.63, 3.8) is 0 Å². The molecule has 0 saturated heterocycles. The molecule has 0 spiro atoms. The largest absolute Gasteiger partial charge is 0.481 e. The first-order valence-corrected chi connectivity index (χ1v) is 7.46. The van der Waals surface area contributed by atoms with Crippen molar-refractivity contribution >= 4 is 23.6 Å². The average molecular weight is 298 g/mol. The van der Waals surface area contributed by atoms with Crippen LogP contribution in [0.2, 0.25) is 0 Å². The quantitative estimate of drug-likeness (QED) is 0.752. The molecule has 20 heavy (non-hydrogen) atoms. The molecule has 0 aliphatic heterocycles. The second kappa shape index (κ2) is 6.25. The predicted octanol–water partition coefficient (Wildman–Crippen LogP) is 0.884. The lowest BCUT2D eigenvalue weighted by Gasteiger charge is -2.19. The number of aromatic nitrogens is 3. The Balaban J connectivity index is 1.82. The standard InChI is InChI=1S/C12H18N4O3S/c1-8(11(18)19)5-15(2)10(17)6-20-12-14-13-7-16(12)9-3-4-9/h7-9H,3-6H2,1-2H3,(H,18,19). The summed E-state index contributed by atoms with van der Waals surface area (Å²) in [6.07, 6.45) is 3.96. The third kappa shape index (κ3) is 3.72. The van der Waals surface area contributed by atoms with Gasteiger partial charge in [0.1, 0.15) is 6.33 Å². The Morgan fingerprint density at radius 3 is 2.90 bits per heavy atom. The van der Waals surface area contributed by atoms with Crippen molar-refractivity contribution in [2.45, 2.75) is 31.0 Å². The Hall–Kier alpha value is -1.57. The van der Waals surface area contributed by atoms with Crippen molar-refractivity contribution in [2.24, 2.45) is 5.92 Å². The van der Waals surface area contributed by atoms with E-state index in [9.17, 15) is 9.59 Å². The fraction of sp³-hybridized carbons (Fsp3) is 0.667. The van der Waals surface area contributed by atoms with E-state index < -0.39 is 11.9 Å². The number of rotatable bonds is 7. The van der Waals surface area contributed by atoms with Crippen LogP contribution in [0.5, 0.6) is 0 Å². The smallest absolute Gasteiger partial charge is 0.308 e. The highest BCUT2D eigenvalue weighted by molar-refractivity contribution is 7.99. The lowest BCUT2D eigenvalue weighted by atomic mass is 10.2. The topological polar surface area (TPSA) is 88.3 Å². The van der Waals surface area contributed by atoms with Gasteiger partial charge >= 0.3 is 5.97 Å². The van der Waals surface area contributed by atoms with Gasteiger partial charge in [-0.1, -0.05) is 18.7 Å². The number of nitrogens with zero attached hydrogens (tertiary/aromatic N) is 4. The van der Waals surface area contributed by atoms with Crippen molar-refractivity contribution in [1.29, 1.82) is 0 Å². The molecule has 0 radical (unpaired) electrons. The van der Waals surface area contributed by atoms with E-state index in [1.165, 1.54) is 16.7 Å². The number of hydrogen-bond acceptors (Lipinski definition) is 5. The van der Waals surface area contributed by atoms with Crippen molar-refractivity contribution in [2.75, 3.05) is 19.3 Å². The number of amides is 1. The molecule has 1 saturated carbocycles. The molecule has 1 unspecified atom stereocenters. The number of thioether (sulfide) groups is 1. The number of aliphatic carboxylic acids is 1. The summed E-state index contributed by atoms with van der Waals surface area (Å²) in [5.74, 6) is -1.32. The molecule has 1 N–H and O–H groups in total. The van der Waals surface area contributed by atoms with E-state index in [0.29, 0.717) is 6.04 Å². The van der Waals surface area contributed by atoms with Gasteiger partial charge in [0.2, 0.25) is 5.91 Å². The van der Waals surface area contributed by atoms with Gasteiger partial charge in [0, 0.05) is 19.6 Å². The Kier molecular flexibility index (Phi) is 4.64. The molecule has 8 heteroatoms. The van der Waals surface area contributed by atoms with Crippen LogP contribution in [-0.4, -0.2) is 56.0 Å². The summed E-state index contributed by atoms with van der Waals surface area (Å²) in [6, 6.07) is 0.479. The van der Waals surface area contributed by atoms with E-state index in [2.05, 4.69) is 10.2 Å². The van der Waals surface area contributed by atoms with Gasteiger partial charge in [0.25, 0.3) is 0 Å². The molecule has 110 valence electrons. The number of carbonyl (C=O) groups is 2. The van der Waals surface area contributed by atoms with Crippen molar-refractivity contribution in [3.05, 3.63) is 6.33 Å². The summed E-state index contributed by atoms with van der Waals surface area (Å²) in [4.78, 5) is 24.2. The monoisotopic (exact) mass is 298 g/mol. The second-order valence-electron chi connectivity index (χ2n) is 5.05. The van der Waals surface area contributed by atoms with Crippen molar-refractivity contribution in [3.8, 4) is 0 Å². The van der Waals surface area contributed by atoms with Gasteiger partial charge in [-0.25, -0.2) is 0 Å². The van der Waals surface area contributed by atoms with Gasteiger partial charge in [0.05, 0.1) is 11.7 Å². The minimum Gasteiger partial charge on any atom is -0.481 e. The Labute approximate surface area is 121 Å². The maximum atomic E-state index is 11.9. The first kappa shape index (κ1) is 14.8. The molecule has 1 aromatic heterocycles. The molecule has 1 aliphatic carbocycles. The SMILES string of the molecule is CC(CN(C)C(=O)CSc1nncn1C1CC1)C(=O)O. The van der Waals surface area contributed by atoms with E-state index in [0.717, 1.165) is 18.0 Å². The summed E-state index contributed by atoms with van der Waals surface area (Å²) in [7, 11) is 1.62. The summed E-state index contributed by atoms with van der Waals surface area (Å²) >= 11 is 1.34. The third-order valence-electron chi connectivity index (χ3n) is 3.20. The second-order valence-corrected chi connectivity index (χ2v) is 6.00. The van der Waals surface area contributed by atoms with Crippen LogP contribution in [0.4, 0.5) is 0 Å². The molecule has 1 amide bonds. The zero-order valence-corrected chi connectivity index (χ0v) is 12.3. The lowest BCUT2D eigenvalue weighted by Crippen LogP contribution is -2.34. The maximum Gasteiger partial charge on any atom is 0.308 e. The van der Waals surface area contributed by atoms with Crippen LogP contribution >= 0.6 is 11.8 Å². The van der Waals surface area contributed by atoms with Gasteiger partial charge in [-0.15, -0.1) is 10.2 Å². The minimum atomic E-state index is -0.897. The Morgan fingerprint density at radius 2 is 2.30 bits per heavy atom. The van der Waals surface area contributed by atoms with Gasteiger partial charge in [-0.2, -0.15) is 0 Å². The van der Waals surface area contributed by atoms with Crippen LogP contribution in [0.1, 0.15) is 25.8 Å². The van der Waals surface area contributed by atoms with E-state index in [-0.39, 0.29) is 18.2 Å². The van der Waals surface area contributed by atoms with Gasteiger partial charge in [-0.3, -0.25) is 9.59 Å². The molecular weight excluding hydrogens is 280 g/mol.